The first-order chi connectivity index (χ1) is 16.2. The van der Waals surface area contributed by atoms with Gasteiger partial charge < -0.3 is 14.9 Å². The average Bonchev–Trinajstić information content (AvgIpc) is 3.33. The zero-order valence-electron chi connectivity index (χ0n) is 22.9. The van der Waals surface area contributed by atoms with Crippen LogP contribution in [0.1, 0.15) is 106 Å². The molecule has 0 amide bonds. The largest absolute Gasteiger partial charge is 0.478 e. The first kappa shape index (κ1) is 25.4. The molecule has 196 valence electrons. The number of carbonyl (C=O) groups excluding carboxylic acids is 1. The fourth-order valence-corrected chi connectivity index (χ4v) is 10.6. The van der Waals surface area contributed by atoms with Crippen LogP contribution in [0.15, 0.2) is 11.6 Å². The number of carbonyl (C=O) groups is 2. The van der Waals surface area contributed by atoms with E-state index < -0.39 is 17.0 Å². The van der Waals surface area contributed by atoms with Gasteiger partial charge in [0.1, 0.15) is 11.4 Å². The molecule has 0 aromatic heterocycles. The number of carboxylic acid groups (broad SMARTS) is 1. The minimum Gasteiger partial charge on any atom is -0.478 e. The summed E-state index contributed by atoms with van der Waals surface area (Å²) in [7, 11) is 0. The number of Topliss-reactive ketones (excluding diaryl/α,β-unsaturated/α-hetero) is 1. The molecule has 0 aromatic rings. The lowest BCUT2D eigenvalue weighted by Gasteiger charge is -2.63. The maximum Gasteiger partial charge on any atom is 0.330 e. The average molecular weight is 487 g/mol. The Bertz CT molecular complexity index is 983. The smallest absolute Gasteiger partial charge is 0.330 e. The Morgan fingerprint density at radius 2 is 1.83 bits per heavy atom. The van der Waals surface area contributed by atoms with Gasteiger partial charge in [-0.2, -0.15) is 0 Å². The number of allylic oxidation sites excluding steroid dienone is 1. The number of rotatable bonds is 5. The molecular formula is C30H46O5. The van der Waals surface area contributed by atoms with Gasteiger partial charge in [-0.3, -0.25) is 4.79 Å². The Morgan fingerprint density at radius 3 is 2.49 bits per heavy atom. The number of ether oxygens (including phenoxy) is 1. The summed E-state index contributed by atoms with van der Waals surface area (Å²) in [6, 6.07) is 0. The maximum absolute atomic E-state index is 14.2. The van der Waals surface area contributed by atoms with Gasteiger partial charge in [0.05, 0.1) is 17.6 Å². The maximum atomic E-state index is 14.2. The van der Waals surface area contributed by atoms with Crippen molar-refractivity contribution in [2.24, 2.45) is 38.9 Å². The van der Waals surface area contributed by atoms with Gasteiger partial charge in [-0.15, -0.1) is 0 Å². The van der Waals surface area contributed by atoms with Crippen molar-refractivity contribution in [2.75, 3.05) is 0 Å². The third-order valence-corrected chi connectivity index (χ3v) is 13.1. The van der Waals surface area contributed by atoms with Gasteiger partial charge in [0.25, 0.3) is 0 Å². The van der Waals surface area contributed by atoms with E-state index in [9.17, 15) is 19.8 Å². The van der Waals surface area contributed by atoms with Crippen LogP contribution in [0.2, 0.25) is 0 Å². The van der Waals surface area contributed by atoms with E-state index in [1.54, 1.807) is 6.92 Å². The predicted molar refractivity (Wildman–Crippen MR) is 135 cm³/mol. The van der Waals surface area contributed by atoms with Crippen molar-refractivity contribution in [1.82, 2.24) is 0 Å². The minimum atomic E-state index is -0.845. The molecule has 5 nitrogen and oxygen atoms in total. The lowest BCUT2D eigenvalue weighted by Crippen LogP contribution is -2.67. The fourth-order valence-electron chi connectivity index (χ4n) is 10.6. The van der Waals surface area contributed by atoms with Crippen LogP contribution in [-0.2, 0) is 14.3 Å². The lowest BCUT2D eigenvalue weighted by molar-refractivity contribution is -0.196. The van der Waals surface area contributed by atoms with Crippen LogP contribution < -0.4 is 0 Å². The number of carboxylic acids is 1. The van der Waals surface area contributed by atoms with E-state index in [1.165, 1.54) is 0 Å². The van der Waals surface area contributed by atoms with Crippen molar-refractivity contribution in [3.8, 4) is 0 Å². The van der Waals surface area contributed by atoms with Gasteiger partial charge >= 0.3 is 5.97 Å². The number of hydrogen-bond acceptors (Lipinski definition) is 4. The van der Waals surface area contributed by atoms with Gasteiger partial charge in [-0.05, 0) is 86.4 Å². The molecule has 0 unspecified atom stereocenters. The van der Waals surface area contributed by atoms with Crippen molar-refractivity contribution >= 4 is 11.8 Å². The molecule has 4 saturated carbocycles. The Hall–Kier alpha value is -1.20. The lowest BCUT2D eigenvalue weighted by atomic mass is 9.40. The third-order valence-electron chi connectivity index (χ3n) is 13.1. The molecule has 1 saturated heterocycles. The van der Waals surface area contributed by atoms with Gasteiger partial charge in [0.15, 0.2) is 0 Å². The SMILES string of the molecule is CC(=CCC[C@@H](C)[C@@]1(C)C[C@H]2O[C@]23[C@]1(C)CCC(=O)[C@@]31CC[C@H]2C(C)(C)[C@@H](O)CC[C@@]21C)C(=O)O. The van der Waals surface area contributed by atoms with E-state index in [0.717, 1.165) is 51.4 Å². The minimum absolute atomic E-state index is 0.0345. The molecule has 0 aromatic carbocycles. The van der Waals surface area contributed by atoms with Crippen molar-refractivity contribution in [3.63, 3.8) is 0 Å². The quantitative estimate of drug-likeness (QED) is 0.371. The molecule has 5 aliphatic rings. The van der Waals surface area contributed by atoms with Gasteiger partial charge in [-0.1, -0.05) is 47.6 Å². The third kappa shape index (κ3) is 2.73. The van der Waals surface area contributed by atoms with Crippen molar-refractivity contribution in [2.45, 2.75) is 124 Å². The van der Waals surface area contributed by atoms with Crippen molar-refractivity contribution in [1.29, 1.82) is 0 Å². The van der Waals surface area contributed by atoms with Crippen LogP contribution in [0.5, 0.6) is 0 Å². The molecule has 9 atom stereocenters. The Morgan fingerprint density at radius 1 is 1.14 bits per heavy atom. The summed E-state index contributed by atoms with van der Waals surface area (Å²) in [6.45, 7) is 15.6. The Balaban J connectivity index is 1.52. The van der Waals surface area contributed by atoms with E-state index >= 15 is 0 Å². The Kier molecular flexibility index (Phi) is 5.40. The van der Waals surface area contributed by atoms with E-state index in [4.69, 9.17) is 4.74 Å². The highest BCUT2D eigenvalue weighted by atomic mass is 16.6. The monoisotopic (exact) mass is 486 g/mol. The zero-order chi connectivity index (χ0) is 25.8. The van der Waals surface area contributed by atoms with Crippen LogP contribution in [0.4, 0.5) is 0 Å². The number of aliphatic hydroxyl groups is 1. The van der Waals surface area contributed by atoms with Crippen LogP contribution in [0.25, 0.3) is 0 Å². The molecule has 5 rings (SSSR count). The number of aliphatic hydroxyl groups excluding tert-OH is 1. The van der Waals surface area contributed by atoms with Crippen molar-refractivity contribution in [3.05, 3.63) is 11.6 Å². The summed E-state index contributed by atoms with van der Waals surface area (Å²) in [5.74, 6) is 0.297. The molecule has 0 radical (unpaired) electrons. The molecule has 5 heteroatoms. The second-order valence-electron chi connectivity index (χ2n) is 14.2. The number of epoxide rings is 1. The normalized spacial score (nSPS) is 51.0. The second kappa shape index (κ2) is 7.43. The topological polar surface area (TPSA) is 87.1 Å². The van der Waals surface area contributed by atoms with Crippen LogP contribution in [0.3, 0.4) is 0 Å². The first-order valence-corrected chi connectivity index (χ1v) is 13.9. The molecule has 1 aliphatic heterocycles. The first-order valence-electron chi connectivity index (χ1n) is 13.9. The van der Waals surface area contributed by atoms with E-state index in [1.807, 2.05) is 6.08 Å². The predicted octanol–water partition coefficient (Wildman–Crippen LogP) is 5.93. The van der Waals surface area contributed by atoms with Gasteiger partial charge in [-0.25, -0.2) is 4.79 Å². The molecule has 1 heterocycles. The molecule has 4 aliphatic carbocycles. The van der Waals surface area contributed by atoms with E-state index in [-0.39, 0.29) is 33.9 Å². The van der Waals surface area contributed by atoms with Crippen LogP contribution in [-0.4, -0.2) is 39.8 Å². The van der Waals surface area contributed by atoms with Crippen molar-refractivity contribution < 1.29 is 24.5 Å². The molecule has 2 N–H and O–H groups in total. The second-order valence-corrected chi connectivity index (χ2v) is 14.2. The van der Waals surface area contributed by atoms with Crippen LogP contribution in [0, 0.1) is 38.9 Å². The standard InChI is InChI=1S/C30H46O5/c1-18(24(33)34)9-8-10-19(2)27(6)17-23-30(35-23)28(27,7)15-13-22(32)29(30)16-11-20-25(3,4)21(31)12-14-26(20,29)5/h9,19-21,23,31H,8,10-17H2,1-7H3,(H,33,34)/t19-,20+,21+,23-,26+,27-,28-,29-,30+/m1/s1. The van der Waals surface area contributed by atoms with Gasteiger partial charge in [0.2, 0.25) is 0 Å². The fraction of sp³-hybridized carbons (Fsp3) is 0.867. The number of hydrogen-bond donors (Lipinski definition) is 2. The van der Waals surface area contributed by atoms with E-state index in [0.29, 0.717) is 29.6 Å². The molecule has 2 spiro atoms. The summed E-state index contributed by atoms with van der Waals surface area (Å²) < 4.78 is 6.81. The highest BCUT2D eigenvalue weighted by Gasteiger charge is 2.91. The van der Waals surface area contributed by atoms with Gasteiger partial charge in [0, 0.05) is 17.4 Å². The molecule has 35 heavy (non-hydrogen) atoms. The highest BCUT2D eigenvalue weighted by Crippen LogP contribution is 2.86. The molecule has 5 fully saturated rings. The summed E-state index contributed by atoms with van der Waals surface area (Å²) in [4.78, 5) is 25.4. The van der Waals surface area contributed by atoms with Crippen LogP contribution >= 0.6 is 0 Å². The number of ketones is 1. The summed E-state index contributed by atoms with van der Waals surface area (Å²) >= 11 is 0. The highest BCUT2D eigenvalue weighted by molar-refractivity contribution is 5.90. The number of fused-ring (bicyclic) bond motifs is 2. The zero-order valence-corrected chi connectivity index (χ0v) is 22.9. The van der Waals surface area contributed by atoms with E-state index in [2.05, 4.69) is 41.5 Å². The summed E-state index contributed by atoms with van der Waals surface area (Å²) in [5.41, 5.74) is -0.857. The summed E-state index contributed by atoms with van der Waals surface area (Å²) in [5, 5.41) is 20.1. The summed E-state index contributed by atoms with van der Waals surface area (Å²) in [6.07, 6.45) is 9.40. The Labute approximate surface area is 211 Å². The molecular weight excluding hydrogens is 440 g/mol. The number of aliphatic carboxylic acids is 1. The molecule has 0 bridgehead atoms.